The number of hydrogen-bond acceptors (Lipinski definition) is 3. The van der Waals surface area contributed by atoms with E-state index in [9.17, 15) is 4.79 Å². The van der Waals surface area contributed by atoms with Gasteiger partial charge in [0.1, 0.15) is 11.2 Å². The third-order valence-corrected chi connectivity index (χ3v) is 3.04. The van der Waals surface area contributed by atoms with E-state index in [-0.39, 0.29) is 5.91 Å². The van der Waals surface area contributed by atoms with Crippen molar-refractivity contribution in [2.75, 3.05) is 7.11 Å². The van der Waals surface area contributed by atoms with Crippen LogP contribution in [0.4, 0.5) is 0 Å². The minimum atomic E-state index is -1.02. The van der Waals surface area contributed by atoms with Gasteiger partial charge in [-0.05, 0) is 31.9 Å². The molecule has 19 heavy (non-hydrogen) atoms. The van der Waals surface area contributed by atoms with Crippen LogP contribution >= 0.6 is 0 Å². The molecule has 1 rings (SSSR count). The van der Waals surface area contributed by atoms with Crippen molar-refractivity contribution in [3.05, 3.63) is 29.3 Å². The smallest absolute Gasteiger partial charge is 0.240 e. The van der Waals surface area contributed by atoms with Gasteiger partial charge in [-0.25, -0.2) is 0 Å². The molecule has 0 aliphatic heterocycles. The van der Waals surface area contributed by atoms with Crippen molar-refractivity contribution in [3.63, 3.8) is 0 Å². The van der Waals surface area contributed by atoms with Gasteiger partial charge in [-0.15, -0.1) is 0 Å². The zero-order valence-electron chi connectivity index (χ0n) is 11.9. The van der Waals surface area contributed by atoms with Gasteiger partial charge in [-0.3, -0.25) is 4.79 Å². The summed E-state index contributed by atoms with van der Waals surface area (Å²) in [5, 5.41) is 11.7. The molecule has 0 saturated heterocycles. The number of ether oxygens (including phenoxy) is 1. The maximum Gasteiger partial charge on any atom is 0.240 e. The largest absolute Gasteiger partial charge is 0.496 e. The molecular formula is C15H20N2O2. The van der Waals surface area contributed by atoms with Gasteiger partial charge in [0.2, 0.25) is 5.91 Å². The highest BCUT2D eigenvalue weighted by Crippen LogP contribution is 2.21. The fourth-order valence-corrected chi connectivity index (χ4v) is 1.64. The van der Waals surface area contributed by atoms with Crippen LogP contribution in [0.5, 0.6) is 5.75 Å². The molecule has 102 valence electrons. The molecule has 1 aromatic carbocycles. The van der Waals surface area contributed by atoms with E-state index in [1.807, 2.05) is 24.3 Å². The molecule has 0 bridgehead atoms. The predicted octanol–water partition coefficient (Wildman–Crippen LogP) is 2.42. The van der Waals surface area contributed by atoms with Crippen LogP contribution in [-0.2, 0) is 17.8 Å². The molecule has 4 heteroatoms. The van der Waals surface area contributed by atoms with E-state index in [0.717, 1.165) is 17.7 Å². The lowest BCUT2D eigenvalue weighted by Crippen LogP contribution is -2.35. The fourth-order valence-electron chi connectivity index (χ4n) is 1.64. The summed E-state index contributed by atoms with van der Waals surface area (Å²) in [5.74, 6) is 0.464. The van der Waals surface area contributed by atoms with E-state index in [1.165, 1.54) is 5.56 Å². The minimum absolute atomic E-state index is 0.279. The van der Waals surface area contributed by atoms with Crippen LogP contribution < -0.4 is 10.1 Å². The molecule has 1 amide bonds. The van der Waals surface area contributed by atoms with Gasteiger partial charge in [0.15, 0.2) is 0 Å². The van der Waals surface area contributed by atoms with Crippen LogP contribution in [0.25, 0.3) is 0 Å². The van der Waals surface area contributed by atoms with E-state index >= 15 is 0 Å². The average molecular weight is 260 g/mol. The van der Waals surface area contributed by atoms with Gasteiger partial charge in [0.05, 0.1) is 13.2 Å². The van der Waals surface area contributed by atoms with Crippen molar-refractivity contribution in [2.24, 2.45) is 5.41 Å². The van der Waals surface area contributed by atoms with Crippen molar-refractivity contribution >= 4 is 5.91 Å². The van der Waals surface area contributed by atoms with Crippen LogP contribution in [0.15, 0.2) is 18.2 Å². The Hall–Kier alpha value is -2.02. The summed E-state index contributed by atoms with van der Waals surface area (Å²) in [6.07, 6.45) is 0.925. The standard InChI is InChI=1S/C15H20N2O2/c1-5-11-6-7-13(19-4)12(8-11)9-17-14(18)15(2,3)10-16/h6-8H,5,9H2,1-4H3,(H,17,18). The SMILES string of the molecule is CCc1ccc(OC)c(CNC(=O)C(C)(C)C#N)c1. The highest BCUT2D eigenvalue weighted by molar-refractivity contribution is 5.84. The average Bonchev–Trinajstić information content (AvgIpc) is 2.44. The van der Waals surface area contributed by atoms with Crippen molar-refractivity contribution in [1.29, 1.82) is 5.26 Å². The Morgan fingerprint density at radius 3 is 2.68 bits per heavy atom. The number of amides is 1. The molecule has 0 aliphatic rings. The first-order valence-electron chi connectivity index (χ1n) is 6.30. The molecule has 0 aromatic heterocycles. The van der Waals surface area contributed by atoms with Crippen molar-refractivity contribution in [2.45, 2.75) is 33.7 Å². The number of benzene rings is 1. The number of methoxy groups -OCH3 is 1. The van der Waals surface area contributed by atoms with Gasteiger partial charge in [-0.1, -0.05) is 19.1 Å². The summed E-state index contributed by atoms with van der Waals surface area (Å²) in [7, 11) is 1.60. The number of rotatable bonds is 5. The Bertz CT molecular complexity index is 501. The summed E-state index contributed by atoms with van der Waals surface area (Å²) < 4.78 is 5.27. The van der Waals surface area contributed by atoms with E-state index in [1.54, 1.807) is 21.0 Å². The Morgan fingerprint density at radius 2 is 2.16 bits per heavy atom. The molecule has 0 radical (unpaired) electrons. The second-order valence-corrected chi connectivity index (χ2v) is 4.92. The molecule has 0 saturated carbocycles. The maximum atomic E-state index is 11.8. The van der Waals surface area contributed by atoms with Gasteiger partial charge >= 0.3 is 0 Å². The lowest BCUT2D eigenvalue weighted by molar-refractivity contribution is -0.126. The van der Waals surface area contributed by atoms with Gasteiger partial charge in [-0.2, -0.15) is 5.26 Å². The summed E-state index contributed by atoms with van der Waals surface area (Å²) in [4.78, 5) is 11.8. The molecule has 1 N–H and O–H groups in total. The maximum absolute atomic E-state index is 11.8. The third-order valence-electron chi connectivity index (χ3n) is 3.04. The molecule has 0 aliphatic carbocycles. The third kappa shape index (κ3) is 3.72. The number of carbonyl (C=O) groups is 1. The minimum Gasteiger partial charge on any atom is -0.496 e. The zero-order valence-corrected chi connectivity index (χ0v) is 11.9. The monoisotopic (exact) mass is 260 g/mol. The van der Waals surface area contributed by atoms with Crippen LogP contribution in [0.1, 0.15) is 31.9 Å². The van der Waals surface area contributed by atoms with Crippen LogP contribution in [-0.4, -0.2) is 13.0 Å². The lowest BCUT2D eigenvalue weighted by Gasteiger charge is -2.16. The first-order chi connectivity index (χ1) is 8.94. The Morgan fingerprint density at radius 1 is 1.47 bits per heavy atom. The summed E-state index contributed by atoms with van der Waals surface area (Å²) in [5.41, 5.74) is 1.09. The summed E-state index contributed by atoms with van der Waals surface area (Å²) >= 11 is 0. The van der Waals surface area contributed by atoms with Crippen molar-refractivity contribution < 1.29 is 9.53 Å². The zero-order chi connectivity index (χ0) is 14.5. The van der Waals surface area contributed by atoms with Crippen LogP contribution in [0, 0.1) is 16.7 Å². The normalized spacial score (nSPS) is 10.7. The first kappa shape index (κ1) is 15.0. The van der Waals surface area contributed by atoms with E-state index < -0.39 is 5.41 Å². The molecular weight excluding hydrogens is 240 g/mol. The molecule has 0 spiro atoms. The Kier molecular flexibility index (Phi) is 4.94. The van der Waals surface area contributed by atoms with Crippen molar-refractivity contribution in [3.8, 4) is 11.8 Å². The Labute approximate surface area is 114 Å². The number of hydrogen-bond donors (Lipinski definition) is 1. The number of nitrogens with zero attached hydrogens (tertiary/aromatic N) is 1. The van der Waals surface area contributed by atoms with Gasteiger partial charge < -0.3 is 10.1 Å². The molecule has 4 nitrogen and oxygen atoms in total. The second kappa shape index (κ2) is 6.24. The first-order valence-corrected chi connectivity index (χ1v) is 6.30. The quantitative estimate of drug-likeness (QED) is 0.884. The second-order valence-electron chi connectivity index (χ2n) is 4.92. The molecule has 0 atom stereocenters. The number of nitrogens with one attached hydrogen (secondary N) is 1. The molecule has 0 fully saturated rings. The Balaban J connectivity index is 2.83. The predicted molar refractivity (Wildman–Crippen MR) is 73.6 cm³/mol. The van der Waals surface area contributed by atoms with E-state index in [2.05, 4.69) is 12.2 Å². The topological polar surface area (TPSA) is 62.1 Å². The molecule has 0 heterocycles. The number of carbonyl (C=O) groups excluding carboxylic acids is 1. The van der Waals surface area contributed by atoms with Gasteiger partial charge in [0, 0.05) is 12.1 Å². The number of nitriles is 1. The highest BCUT2D eigenvalue weighted by atomic mass is 16.5. The summed E-state index contributed by atoms with van der Waals surface area (Å²) in [6.45, 7) is 5.63. The lowest BCUT2D eigenvalue weighted by atomic mass is 9.94. The molecule has 0 unspecified atom stereocenters. The summed E-state index contributed by atoms with van der Waals surface area (Å²) in [6, 6.07) is 7.90. The number of aryl methyl sites for hydroxylation is 1. The van der Waals surface area contributed by atoms with Crippen LogP contribution in [0.2, 0.25) is 0 Å². The van der Waals surface area contributed by atoms with E-state index in [0.29, 0.717) is 6.54 Å². The van der Waals surface area contributed by atoms with Gasteiger partial charge in [0.25, 0.3) is 0 Å². The fraction of sp³-hybridized carbons (Fsp3) is 0.467. The van der Waals surface area contributed by atoms with E-state index in [4.69, 9.17) is 10.00 Å². The molecule has 1 aromatic rings. The van der Waals surface area contributed by atoms with Crippen molar-refractivity contribution in [1.82, 2.24) is 5.32 Å². The highest BCUT2D eigenvalue weighted by Gasteiger charge is 2.26. The van der Waals surface area contributed by atoms with Crippen LogP contribution in [0.3, 0.4) is 0 Å².